The summed E-state index contributed by atoms with van der Waals surface area (Å²) in [7, 11) is 0. The molecular formula is C15H22O. The second-order valence-electron chi connectivity index (χ2n) is 5.09. The van der Waals surface area contributed by atoms with Crippen molar-refractivity contribution in [2.75, 3.05) is 0 Å². The van der Waals surface area contributed by atoms with Crippen LogP contribution in [0.3, 0.4) is 0 Å². The molecule has 0 aromatic carbocycles. The highest BCUT2D eigenvalue weighted by Gasteiger charge is 2.19. The highest BCUT2D eigenvalue weighted by molar-refractivity contribution is 5.90. The Hall–Kier alpha value is -1.11. The monoisotopic (exact) mass is 218 g/mol. The van der Waals surface area contributed by atoms with Crippen molar-refractivity contribution in [3.05, 3.63) is 36.0 Å². The summed E-state index contributed by atoms with van der Waals surface area (Å²) in [4.78, 5) is 11.7. The summed E-state index contributed by atoms with van der Waals surface area (Å²) in [5.74, 6) is 1.23. The van der Waals surface area contributed by atoms with Crippen LogP contribution in [0.4, 0.5) is 0 Å². The van der Waals surface area contributed by atoms with Gasteiger partial charge >= 0.3 is 0 Å². The van der Waals surface area contributed by atoms with Crippen molar-refractivity contribution in [1.82, 2.24) is 0 Å². The van der Waals surface area contributed by atoms with Gasteiger partial charge in [0.1, 0.15) is 0 Å². The lowest BCUT2D eigenvalue weighted by Gasteiger charge is -2.23. The minimum Gasteiger partial charge on any atom is -0.295 e. The number of allylic oxidation sites excluding steroid dienone is 5. The van der Waals surface area contributed by atoms with Gasteiger partial charge < -0.3 is 0 Å². The topological polar surface area (TPSA) is 17.1 Å². The summed E-state index contributed by atoms with van der Waals surface area (Å²) >= 11 is 0. The predicted octanol–water partition coefficient (Wildman–Crippen LogP) is 4.07. The molecule has 0 aromatic rings. The van der Waals surface area contributed by atoms with Gasteiger partial charge in [-0.1, -0.05) is 36.8 Å². The zero-order chi connectivity index (χ0) is 12.1. The molecule has 0 amide bonds. The Labute approximate surface area is 98.9 Å². The smallest absolute Gasteiger partial charge is 0.155 e. The Balaban J connectivity index is 2.50. The van der Waals surface area contributed by atoms with E-state index in [0.717, 1.165) is 18.4 Å². The Morgan fingerprint density at radius 2 is 2.31 bits per heavy atom. The Morgan fingerprint density at radius 3 is 2.81 bits per heavy atom. The number of carbonyl (C=O) groups is 1. The average molecular weight is 218 g/mol. The molecule has 0 heterocycles. The van der Waals surface area contributed by atoms with Crippen LogP contribution in [0.5, 0.6) is 0 Å². The van der Waals surface area contributed by atoms with E-state index >= 15 is 0 Å². The van der Waals surface area contributed by atoms with Gasteiger partial charge in [0.15, 0.2) is 5.78 Å². The third kappa shape index (κ3) is 4.18. The van der Waals surface area contributed by atoms with E-state index in [1.165, 1.54) is 5.57 Å². The second kappa shape index (κ2) is 5.83. The molecule has 0 bridgehead atoms. The summed E-state index contributed by atoms with van der Waals surface area (Å²) in [6, 6.07) is 0. The van der Waals surface area contributed by atoms with Gasteiger partial charge in [-0.2, -0.15) is 0 Å². The van der Waals surface area contributed by atoms with E-state index < -0.39 is 0 Å². The zero-order valence-electron chi connectivity index (χ0n) is 10.6. The molecule has 0 aromatic heterocycles. The third-order valence-electron chi connectivity index (χ3n) is 3.08. The van der Waals surface area contributed by atoms with Crippen LogP contribution < -0.4 is 0 Å². The van der Waals surface area contributed by atoms with E-state index in [9.17, 15) is 4.79 Å². The van der Waals surface area contributed by atoms with Crippen LogP contribution in [0.25, 0.3) is 0 Å². The van der Waals surface area contributed by atoms with Crippen LogP contribution in [-0.4, -0.2) is 5.78 Å². The molecule has 1 aliphatic carbocycles. The maximum absolute atomic E-state index is 11.7. The first-order valence-corrected chi connectivity index (χ1v) is 6.02. The predicted molar refractivity (Wildman–Crippen MR) is 69.2 cm³/mol. The lowest BCUT2D eigenvalue weighted by molar-refractivity contribution is -0.115. The molecule has 0 aliphatic heterocycles. The van der Waals surface area contributed by atoms with Gasteiger partial charge in [-0.05, 0) is 44.6 Å². The quantitative estimate of drug-likeness (QED) is 0.650. The van der Waals surface area contributed by atoms with Gasteiger partial charge in [0, 0.05) is 6.42 Å². The maximum atomic E-state index is 11.7. The first-order valence-electron chi connectivity index (χ1n) is 6.02. The van der Waals surface area contributed by atoms with Crippen LogP contribution >= 0.6 is 0 Å². The molecule has 0 fully saturated rings. The van der Waals surface area contributed by atoms with Crippen LogP contribution in [0.1, 0.15) is 40.0 Å². The fraction of sp³-hybridized carbons (Fsp3) is 0.533. The molecule has 16 heavy (non-hydrogen) atoms. The fourth-order valence-electron chi connectivity index (χ4n) is 2.12. The molecule has 0 unspecified atom stereocenters. The van der Waals surface area contributed by atoms with Crippen molar-refractivity contribution in [2.24, 2.45) is 11.8 Å². The van der Waals surface area contributed by atoms with Gasteiger partial charge in [0.2, 0.25) is 0 Å². The summed E-state index contributed by atoms with van der Waals surface area (Å²) in [5.41, 5.74) is 2.30. The molecule has 0 saturated heterocycles. The number of ketones is 1. The zero-order valence-corrected chi connectivity index (χ0v) is 10.6. The largest absolute Gasteiger partial charge is 0.295 e. The van der Waals surface area contributed by atoms with Crippen molar-refractivity contribution in [2.45, 2.75) is 40.0 Å². The normalized spacial score (nSPS) is 21.7. The number of rotatable bonds is 4. The van der Waals surface area contributed by atoms with Crippen molar-refractivity contribution in [1.29, 1.82) is 0 Å². The molecule has 1 nitrogen and oxygen atoms in total. The summed E-state index contributed by atoms with van der Waals surface area (Å²) in [6.45, 7) is 10.0. The van der Waals surface area contributed by atoms with E-state index in [1.807, 2.05) is 13.8 Å². The van der Waals surface area contributed by atoms with Crippen molar-refractivity contribution < 1.29 is 4.79 Å². The van der Waals surface area contributed by atoms with Gasteiger partial charge in [-0.25, -0.2) is 0 Å². The lowest BCUT2D eigenvalue weighted by atomic mass is 9.82. The summed E-state index contributed by atoms with van der Waals surface area (Å²) in [6.07, 6.45) is 8.94. The standard InChI is InChI=1S/C15H22O/c1-11(2)9-15(16)10-13(4)14-7-5-12(3)6-8-14/h5,7,9,13-14H,3,6,8,10H2,1-2,4H3/t13-,14-/m1/s1. The van der Waals surface area contributed by atoms with E-state index in [4.69, 9.17) is 0 Å². The van der Waals surface area contributed by atoms with Crippen LogP contribution in [0, 0.1) is 11.8 Å². The molecule has 1 heteroatoms. The number of hydrogen-bond acceptors (Lipinski definition) is 1. The van der Waals surface area contributed by atoms with Gasteiger partial charge in [0.25, 0.3) is 0 Å². The number of hydrogen-bond donors (Lipinski definition) is 0. The van der Waals surface area contributed by atoms with Crippen LogP contribution in [0.15, 0.2) is 36.0 Å². The van der Waals surface area contributed by atoms with Gasteiger partial charge in [-0.15, -0.1) is 0 Å². The Kier molecular flexibility index (Phi) is 4.72. The number of carbonyl (C=O) groups excluding carboxylic acids is 1. The summed E-state index contributed by atoms with van der Waals surface area (Å²) in [5, 5.41) is 0. The summed E-state index contributed by atoms with van der Waals surface area (Å²) < 4.78 is 0. The van der Waals surface area contributed by atoms with Crippen LogP contribution in [-0.2, 0) is 4.79 Å². The third-order valence-corrected chi connectivity index (χ3v) is 3.08. The minimum absolute atomic E-state index is 0.255. The lowest BCUT2D eigenvalue weighted by Crippen LogP contribution is -2.15. The SMILES string of the molecule is C=C1C=C[C@@H]([C@H](C)CC(=O)C=C(C)C)CC1. The van der Waals surface area contributed by atoms with Crippen LogP contribution in [0.2, 0.25) is 0 Å². The van der Waals surface area contributed by atoms with E-state index in [1.54, 1.807) is 6.08 Å². The molecule has 1 rings (SSSR count). The molecule has 0 saturated carbocycles. The maximum Gasteiger partial charge on any atom is 0.155 e. The minimum atomic E-state index is 0.255. The highest BCUT2D eigenvalue weighted by atomic mass is 16.1. The molecule has 0 radical (unpaired) electrons. The van der Waals surface area contributed by atoms with Crippen molar-refractivity contribution in [3.63, 3.8) is 0 Å². The first kappa shape index (κ1) is 13.0. The Morgan fingerprint density at radius 1 is 1.62 bits per heavy atom. The molecule has 1 aliphatic rings. The van der Waals surface area contributed by atoms with E-state index in [2.05, 4.69) is 25.7 Å². The van der Waals surface area contributed by atoms with Crippen molar-refractivity contribution >= 4 is 5.78 Å². The van der Waals surface area contributed by atoms with Gasteiger partial charge in [0.05, 0.1) is 0 Å². The van der Waals surface area contributed by atoms with E-state index in [-0.39, 0.29) is 5.78 Å². The van der Waals surface area contributed by atoms with Gasteiger partial charge in [-0.3, -0.25) is 4.79 Å². The van der Waals surface area contributed by atoms with E-state index in [0.29, 0.717) is 18.3 Å². The molecule has 2 atom stereocenters. The second-order valence-corrected chi connectivity index (χ2v) is 5.09. The van der Waals surface area contributed by atoms with Crippen molar-refractivity contribution in [3.8, 4) is 0 Å². The first-order chi connectivity index (χ1) is 7.49. The average Bonchev–Trinajstić information content (AvgIpc) is 2.16. The fourth-order valence-corrected chi connectivity index (χ4v) is 2.12. The Bertz CT molecular complexity index is 329. The molecule has 0 spiro atoms. The highest BCUT2D eigenvalue weighted by Crippen LogP contribution is 2.28. The molecule has 0 N–H and O–H groups in total. The molecular weight excluding hydrogens is 196 g/mol. The molecule has 88 valence electrons.